The van der Waals surface area contributed by atoms with Crippen LogP contribution in [-0.2, 0) is 4.79 Å². The predicted octanol–water partition coefficient (Wildman–Crippen LogP) is 3.90. The van der Waals surface area contributed by atoms with Crippen LogP contribution < -0.4 is 15.5 Å². The third kappa shape index (κ3) is 3.96. The van der Waals surface area contributed by atoms with Gasteiger partial charge in [-0.15, -0.1) is 0 Å². The number of piperazine rings is 1. The van der Waals surface area contributed by atoms with Crippen molar-refractivity contribution in [1.82, 2.24) is 4.90 Å². The maximum Gasteiger partial charge on any atom is 0.257 e. The zero-order chi connectivity index (χ0) is 20.5. The molecule has 1 saturated heterocycles. The van der Waals surface area contributed by atoms with E-state index in [1.54, 1.807) is 12.1 Å². The van der Waals surface area contributed by atoms with Gasteiger partial charge >= 0.3 is 0 Å². The molecule has 2 heterocycles. The highest BCUT2D eigenvalue weighted by atomic mass is 19.1. The van der Waals surface area contributed by atoms with Gasteiger partial charge in [-0.3, -0.25) is 9.69 Å². The minimum absolute atomic E-state index is 0.311. The molecule has 29 heavy (non-hydrogen) atoms. The first-order valence-corrected chi connectivity index (χ1v) is 9.79. The molecule has 0 saturated carbocycles. The molecule has 1 fully saturated rings. The number of fused-ring (bicyclic) bond motifs is 1. The number of rotatable bonds is 4. The molecule has 0 unspecified atom stereocenters. The van der Waals surface area contributed by atoms with E-state index in [1.807, 2.05) is 0 Å². The van der Waals surface area contributed by atoms with Crippen LogP contribution in [0.2, 0.25) is 0 Å². The number of hydrogen-bond donors (Lipinski definition) is 2. The predicted molar refractivity (Wildman–Crippen MR) is 112 cm³/mol. The zero-order valence-corrected chi connectivity index (χ0v) is 16.5. The summed E-state index contributed by atoms with van der Waals surface area (Å²) in [5.41, 5.74) is 2.47. The average molecular weight is 398 g/mol. The number of anilines is 3. The summed E-state index contributed by atoms with van der Waals surface area (Å²) in [4.78, 5) is 16.6. The van der Waals surface area contributed by atoms with Gasteiger partial charge in [0.05, 0.1) is 11.3 Å². The van der Waals surface area contributed by atoms with Crippen LogP contribution in [0.5, 0.6) is 0 Å². The number of halogens is 2. The Morgan fingerprint density at radius 3 is 2.52 bits per heavy atom. The minimum atomic E-state index is -0.417. The molecule has 5 nitrogen and oxygen atoms in total. The first-order chi connectivity index (χ1) is 13.9. The lowest BCUT2D eigenvalue weighted by Gasteiger charge is -2.38. The van der Waals surface area contributed by atoms with Gasteiger partial charge < -0.3 is 15.5 Å². The minimum Gasteiger partial charge on any atom is -0.367 e. The molecule has 2 aromatic rings. The number of carbonyl (C=O) groups excluding carboxylic acids is 1. The van der Waals surface area contributed by atoms with Crippen LogP contribution in [0.1, 0.15) is 19.4 Å². The Labute approximate surface area is 169 Å². The Kier molecular flexibility index (Phi) is 5.24. The summed E-state index contributed by atoms with van der Waals surface area (Å²) in [5, 5.41) is 5.65. The molecule has 152 valence electrons. The van der Waals surface area contributed by atoms with Crippen molar-refractivity contribution in [2.45, 2.75) is 19.9 Å². The first-order valence-electron chi connectivity index (χ1n) is 9.79. The molecular formula is C22H24F2N4O. The fraction of sp³-hybridized carbons (Fsp3) is 0.318. The molecule has 2 aliphatic rings. The van der Waals surface area contributed by atoms with E-state index in [-0.39, 0.29) is 11.7 Å². The van der Waals surface area contributed by atoms with Gasteiger partial charge in [-0.25, -0.2) is 8.78 Å². The monoisotopic (exact) mass is 398 g/mol. The van der Waals surface area contributed by atoms with Crippen LogP contribution in [0, 0.1) is 11.6 Å². The maximum absolute atomic E-state index is 14.7. The highest BCUT2D eigenvalue weighted by molar-refractivity contribution is 6.31. The van der Waals surface area contributed by atoms with Crippen molar-refractivity contribution >= 4 is 28.5 Å². The number of hydrogen-bond acceptors (Lipinski definition) is 4. The molecule has 2 N–H and O–H groups in total. The number of carbonyl (C=O) groups is 1. The fourth-order valence-electron chi connectivity index (χ4n) is 3.79. The molecule has 0 spiro atoms. The topological polar surface area (TPSA) is 47.6 Å². The van der Waals surface area contributed by atoms with E-state index in [9.17, 15) is 13.6 Å². The third-order valence-electron chi connectivity index (χ3n) is 5.48. The van der Waals surface area contributed by atoms with Gasteiger partial charge in [0, 0.05) is 55.4 Å². The Morgan fingerprint density at radius 1 is 1.07 bits per heavy atom. The summed E-state index contributed by atoms with van der Waals surface area (Å²) in [5.74, 6) is -1.05. The Hall–Kier alpha value is -2.93. The summed E-state index contributed by atoms with van der Waals surface area (Å²) < 4.78 is 28.2. The molecule has 0 bridgehead atoms. The summed E-state index contributed by atoms with van der Waals surface area (Å²) in [6, 6.07) is 9.57. The normalized spacial score (nSPS) is 18.3. The van der Waals surface area contributed by atoms with E-state index in [0.29, 0.717) is 34.2 Å². The zero-order valence-electron chi connectivity index (χ0n) is 16.5. The quantitative estimate of drug-likeness (QED) is 0.767. The van der Waals surface area contributed by atoms with Gasteiger partial charge in [0.25, 0.3) is 5.91 Å². The molecule has 0 aromatic heterocycles. The van der Waals surface area contributed by atoms with Crippen LogP contribution in [0.15, 0.2) is 42.6 Å². The lowest BCUT2D eigenvalue weighted by atomic mass is 10.1. The molecule has 1 amide bonds. The number of amides is 1. The highest BCUT2D eigenvalue weighted by Gasteiger charge is 2.25. The van der Waals surface area contributed by atoms with Crippen molar-refractivity contribution < 1.29 is 13.6 Å². The van der Waals surface area contributed by atoms with Crippen molar-refractivity contribution in [3.8, 4) is 0 Å². The molecule has 7 heteroatoms. The summed E-state index contributed by atoms with van der Waals surface area (Å²) >= 11 is 0. The largest absolute Gasteiger partial charge is 0.367 e. The van der Waals surface area contributed by atoms with Gasteiger partial charge in [0.2, 0.25) is 0 Å². The van der Waals surface area contributed by atoms with Crippen LogP contribution in [0.3, 0.4) is 0 Å². The van der Waals surface area contributed by atoms with E-state index in [0.717, 1.165) is 26.2 Å². The van der Waals surface area contributed by atoms with Crippen LogP contribution in [0.4, 0.5) is 25.8 Å². The van der Waals surface area contributed by atoms with Crippen LogP contribution >= 0.6 is 0 Å². The Bertz CT molecular complexity index is 965. The molecule has 0 aliphatic carbocycles. The summed E-state index contributed by atoms with van der Waals surface area (Å²) in [6.07, 6.45) is 1.48. The summed E-state index contributed by atoms with van der Waals surface area (Å²) in [6.45, 7) is 7.73. The van der Waals surface area contributed by atoms with E-state index >= 15 is 0 Å². The second-order valence-electron chi connectivity index (χ2n) is 7.63. The lowest BCUT2D eigenvalue weighted by molar-refractivity contribution is -0.110. The Balaban J connectivity index is 1.48. The Morgan fingerprint density at radius 2 is 1.83 bits per heavy atom. The van der Waals surface area contributed by atoms with Crippen molar-refractivity contribution in [3.05, 3.63) is 59.8 Å². The van der Waals surface area contributed by atoms with Crippen molar-refractivity contribution in [1.29, 1.82) is 0 Å². The highest BCUT2D eigenvalue weighted by Crippen LogP contribution is 2.32. The first kappa shape index (κ1) is 19.4. The van der Waals surface area contributed by atoms with Gasteiger partial charge in [-0.05, 0) is 50.2 Å². The van der Waals surface area contributed by atoms with Gasteiger partial charge in [0.1, 0.15) is 11.6 Å². The molecule has 0 atom stereocenters. The van der Waals surface area contributed by atoms with E-state index < -0.39 is 5.82 Å². The average Bonchev–Trinajstić information content (AvgIpc) is 3.01. The van der Waals surface area contributed by atoms with Gasteiger partial charge in [0.15, 0.2) is 0 Å². The smallest absolute Gasteiger partial charge is 0.257 e. The standard InChI is InChI=1S/C22H24F2N4O/c1-14(2)27-7-9-28(10-8-27)21-6-4-16(12-19(21)24)25-13-18-17-11-15(23)3-5-20(17)26-22(18)29/h3-6,11-14,25H,7-10H2,1-2H3,(H,26,29). The van der Waals surface area contributed by atoms with Crippen LogP contribution in [0.25, 0.3) is 5.57 Å². The third-order valence-corrected chi connectivity index (χ3v) is 5.48. The van der Waals surface area contributed by atoms with Crippen molar-refractivity contribution in [2.75, 3.05) is 41.7 Å². The number of nitrogens with one attached hydrogen (secondary N) is 2. The van der Waals surface area contributed by atoms with Gasteiger partial charge in [-0.2, -0.15) is 0 Å². The van der Waals surface area contributed by atoms with Crippen LogP contribution in [-0.4, -0.2) is 43.0 Å². The van der Waals surface area contributed by atoms with E-state index in [4.69, 9.17) is 0 Å². The lowest BCUT2D eigenvalue weighted by Crippen LogP contribution is -2.49. The molecular weight excluding hydrogens is 374 g/mol. The number of nitrogens with zero attached hydrogens (tertiary/aromatic N) is 2. The fourth-order valence-corrected chi connectivity index (χ4v) is 3.79. The molecule has 2 aliphatic heterocycles. The van der Waals surface area contributed by atoms with Gasteiger partial charge in [-0.1, -0.05) is 0 Å². The molecule has 2 aromatic carbocycles. The van der Waals surface area contributed by atoms with E-state index in [1.165, 1.54) is 30.5 Å². The summed E-state index contributed by atoms with van der Waals surface area (Å²) in [7, 11) is 0. The SMILES string of the molecule is CC(C)N1CCN(c2ccc(NC=C3C(=O)Nc4ccc(F)cc43)cc2F)CC1. The maximum atomic E-state index is 14.7. The van der Waals surface area contributed by atoms with Crippen molar-refractivity contribution in [2.24, 2.45) is 0 Å². The van der Waals surface area contributed by atoms with Crippen molar-refractivity contribution in [3.63, 3.8) is 0 Å². The molecule has 0 radical (unpaired) electrons. The second-order valence-corrected chi connectivity index (χ2v) is 7.63. The second kappa shape index (κ2) is 7.83. The van der Waals surface area contributed by atoms with E-state index in [2.05, 4.69) is 34.3 Å². The number of benzene rings is 2. The molecule has 4 rings (SSSR count).